The van der Waals surface area contributed by atoms with Crippen LogP contribution in [0.15, 0.2) is 200 Å². The molecule has 0 N–H and O–H groups in total. The van der Waals surface area contributed by atoms with Gasteiger partial charge in [-0.25, -0.2) is 0 Å². The van der Waals surface area contributed by atoms with Crippen LogP contribution in [0.4, 0.5) is 0 Å². The van der Waals surface area contributed by atoms with Gasteiger partial charge in [0.25, 0.3) is 0 Å². The lowest BCUT2D eigenvalue weighted by atomic mass is 10.1. The van der Waals surface area contributed by atoms with Crippen LogP contribution >= 0.6 is 0 Å². The summed E-state index contributed by atoms with van der Waals surface area (Å²) in [5.74, 6) is 0. The second-order valence-electron chi connectivity index (χ2n) is 15.7. The zero-order chi connectivity index (χ0) is 37.1. The van der Waals surface area contributed by atoms with Crippen molar-refractivity contribution in [3.63, 3.8) is 0 Å². The standard InChI is InChI=1S/C52H42N2Si/c1-52(2,3)55(40-24-9-5-10-25-40,41-26-11-6-12-27-41)49-35-18-30-43-42-28-13-15-31-45(42)54(51(43)49)48-34-19-33-47-50(48)44-29-14-16-32-46(44)53(47)39-23-17-22-38(36-39)37-20-7-4-8-21-37/h4-36H,1-3H3. The lowest BCUT2D eigenvalue weighted by Gasteiger charge is -2.45. The first kappa shape index (κ1) is 33.2. The van der Waals surface area contributed by atoms with Gasteiger partial charge in [0.15, 0.2) is 8.07 Å². The highest BCUT2D eigenvalue weighted by molar-refractivity contribution is 7.14. The molecule has 10 aromatic rings. The van der Waals surface area contributed by atoms with Crippen molar-refractivity contribution < 1.29 is 0 Å². The van der Waals surface area contributed by atoms with E-state index < -0.39 is 8.07 Å². The van der Waals surface area contributed by atoms with Gasteiger partial charge in [0.05, 0.1) is 27.8 Å². The Hall–Kier alpha value is -6.42. The maximum absolute atomic E-state index is 2.75. The van der Waals surface area contributed by atoms with E-state index in [1.165, 1.54) is 76.0 Å². The molecule has 2 aromatic heterocycles. The summed E-state index contributed by atoms with van der Waals surface area (Å²) in [6, 6.07) is 74.3. The van der Waals surface area contributed by atoms with Crippen LogP contribution in [-0.4, -0.2) is 17.2 Å². The molecule has 0 radical (unpaired) electrons. The fourth-order valence-corrected chi connectivity index (χ4v) is 15.4. The van der Waals surface area contributed by atoms with Crippen molar-refractivity contribution in [3.8, 4) is 22.5 Å². The molecule has 2 nitrogen and oxygen atoms in total. The summed E-state index contributed by atoms with van der Waals surface area (Å²) in [6.45, 7) is 7.38. The summed E-state index contributed by atoms with van der Waals surface area (Å²) >= 11 is 0. The third-order valence-electron chi connectivity index (χ3n) is 11.8. The van der Waals surface area contributed by atoms with Crippen molar-refractivity contribution in [2.24, 2.45) is 0 Å². The summed E-state index contributed by atoms with van der Waals surface area (Å²) in [4.78, 5) is 0. The summed E-state index contributed by atoms with van der Waals surface area (Å²) < 4.78 is 5.07. The molecule has 0 aliphatic heterocycles. The molecule has 0 unspecified atom stereocenters. The minimum Gasteiger partial charge on any atom is -0.309 e. The smallest absolute Gasteiger partial charge is 0.156 e. The highest BCUT2D eigenvalue weighted by atomic mass is 28.3. The quantitative estimate of drug-likeness (QED) is 0.119. The van der Waals surface area contributed by atoms with Gasteiger partial charge in [0.1, 0.15) is 0 Å². The number of rotatable bonds is 6. The molecule has 0 fully saturated rings. The van der Waals surface area contributed by atoms with Gasteiger partial charge < -0.3 is 9.13 Å². The Bertz CT molecular complexity index is 2960. The Morgan fingerprint density at radius 1 is 0.400 bits per heavy atom. The van der Waals surface area contributed by atoms with E-state index in [-0.39, 0.29) is 5.04 Å². The Kier molecular flexibility index (Phi) is 7.76. The average Bonchev–Trinajstić information content (AvgIpc) is 3.76. The van der Waals surface area contributed by atoms with Crippen molar-refractivity contribution >= 4 is 67.2 Å². The molecule has 0 spiro atoms. The molecule has 0 saturated heterocycles. The van der Waals surface area contributed by atoms with Crippen LogP contribution in [0.5, 0.6) is 0 Å². The molecule has 2 heterocycles. The predicted molar refractivity (Wildman–Crippen MR) is 238 cm³/mol. The first-order valence-electron chi connectivity index (χ1n) is 19.3. The Labute approximate surface area is 323 Å². The molecule has 0 saturated carbocycles. The van der Waals surface area contributed by atoms with Gasteiger partial charge in [-0.1, -0.05) is 185 Å². The molecule has 8 aromatic carbocycles. The fraction of sp³-hybridized carbons (Fsp3) is 0.0769. The van der Waals surface area contributed by atoms with Crippen LogP contribution in [0.1, 0.15) is 20.8 Å². The van der Waals surface area contributed by atoms with E-state index in [2.05, 4.69) is 230 Å². The highest BCUT2D eigenvalue weighted by Gasteiger charge is 2.50. The SMILES string of the molecule is CC(C)(C)[Si](c1ccccc1)(c1ccccc1)c1cccc2c3ccccc3n(-c3cccc4c3c3ccccc3n4-c3cccc(-c4ccccc4)c3)c12. The van der Waals surface area contributed by atoms with Crippen molar-refractivity contribution in [3.05, 3.63) is 200 Å². The van der Waals surface area contributed by atoms with Gasteiger partial charge in [-0.05, 0) is 68.1 Å². The average molecular weight is 723 g/mol. The molecule has 0 aliphatic rings. The van der Waals surface area contributed by atoms with E-state index in [1.54, 1.807) is 0 Å². The maximum atomic E-state index is 2.61. The number of fused-ring (bicyclic) bond motifs is 6. The first-order chi connectivity index (χ1) is 27.0. The molecular weight excluding hydrogens is 681 g/mol. The molecule has 3 heteroatoms. The van der Waals surface area contributed by atoms with E-state index in [9.17, 15) is 0 Å². The minimum absolute atomic E-state index is 0.0723. The van der Waals surface area contributed by atoms with Crippen molar-refractivity contribution in [1.82, 2.24) is 9.13 Å². The fourth-order valence-electron chi connectivity index (χ4n) is 9.62. The highest BCUT2D eigenvalue weighted by Crippen LogP contribution is 2.42. The molecule has 0 amide bonds. The normalized spacial score (nSPS) is 12.3. The van der Waals surface area contributed by atoms with Crippen LogP contribution in [-0.2, 0) is 0 Å². The Morgan fingerprint density at radius 2 is 0.909 bits per heavy atom. The van der Waals surface area contributed by atoms with Crippen LogP contribution in [0.3, 0.4) is 0 Å². The van der Waals surface area contributed by atoms with E-state index in [1.807, 2.05) is 0 Å². The van der Waals surface area contributed by atoms with E-state index >= 15 is 0 Å². The molecule has 0 atom stereocenters. The minimum atomic E-state index is -2.75. The third-order valence-corrected chi connectivity index (χ3v) is 17.6. The van der Waals surface area contributed by atoms with Gasteiger partial charge in [-0.2, -0.15) is 0 Å². The zero-order valence-corrected chi connectivity index (χ0v) is 32.4. The predicted octanol–water partition coefficient (Wildman–Crippen LogP) is 11.8. The zero-order valence-electron chi connectivity index (χ0n) is 31.4. The number of para-hydroxylation sites is 3. The summed E-state index contributed by atoms with van der Waals surface area (Å²) in [6.07, 6.45) is 0. The van der Waals surface area contributed by atoms with Gasteiger partial charge in [-0.3, -0.25) is 0 Å². The number of nitrogens with zero attached hydrogens (tertiary/aromatic N) is 2. The molecule has 10 rings (SSSR count). The maximum Gasteiger partial charge on any atom is 0.156 e. The van der Waals surface area contributed by atoms with Crippen LogP contribution in [0.2, 0.25) is 5.04 Å². The number of aromatic nitrogens is 2. The molecule has 0 bridgehead atoms. The van der Waals surface area contributed by atoms with Crippen LogP contribution < -0.4 is 15.6 Å². The van der Waals surface area contributed by atoms with Crippen molar-refractivity contribution in [2.45, 2.75) is 25.8 Å². The monoisotopic (exact) mass is 722 g/mol. The van der Waals surface area contributed by atoms with Crippen LogP contribution in [0, 0.1) is 0 Å². The van der Waals surface area contributed by atoms with Gasteiger partial charge in [-0.15, -0.1) is 0 Å². The van der Waals surface area contributed by atoms with Crippen LogP contribution in [0.25, 0.3) is 66.1 Å². The Morgan fingerprint density at radius 3 is 1.58 bits per heavy atom. The third kappa shape index (κ3) is 5.00. The van der Waals surface area contributed by atoms with E-state index in [0.717, 1.165) is 5.69 Å². The molecule has 264 valence electrons. The van der Waals surface area contributed by atoms with Gasteiger partial charge in [0.2, 0.25) is 0 Å². The molecule has 0 aliphatic carbocycles. The first-order valence-corrected chi connectivity index (χ1v) is 21.3. The Balaban J connectivity index is 1.35. The summed E-state index contributed by atoms with van der Waals surface area (Å²) in [5, 5.41) is 9.26. The van der Waals surface area contributed by atoms with Gasteiger partial charge >= 0.3 is 0 Å². The largest absolute Gasteiger partial charge is 0.309 e. The number of benzene rings is 8. The topological polar surface area (TPSA) is 9.86 Å². The molecule has 55 heavy (non-hydrogen) atoms. The summed E-state index contributed by atoms with van der Waals surface area (Å²) in [7, 11) is -2.75. The molecular formula is C52H42N2Si. The second kappa shape index (κ2) is 12.9. The number of hydrogen-bond donors (Lipinski definition) is 0. The summed E-state index contributed by atoms with van der Waals surface area (Å²) in [5.41, 5.74) is 9.68. The van der Waals surface area contributed by atoms with E-state index in [4.69, 9.17) is 0 Å². The lowest BCUT2D eigenvalue weighted by Crippen LogP contribution is -2.72. The lowest BCUT2D eigenvalue weighted by molar-refractivity contribution is 0.739. The second-order valence-corrected chi connectivity index (χ2v) is 20.4. The van der Waals surface area contributed by atoms with E-state index in [0.29, 0.717) is 0 Å². The van der Waals surface area contributed by atoms with Gasteiger partial charge in [0, 0.05) is 27.2 Å². The van der Waals surface area contributed by atoms with Crippen molar-refractivity contribution in [1.29, 1.82) is 0 Å². The van der Waals surface area contributed by atoms with Crippen molar-refractivity contribution in [2.75, 3.05) is 0 Å². The number of hydrogen-bond acceptors (Lipinski definition) is 0.